The van der Waals surface area contributed by atoms with Gasteiger partial charge in [-0.15, -0.1) is 0 Å². The summed E-state index contributed by atoms with van der Waals surface area (Å²) in [5.41, 5.74) is 1.16. The molecule has 20 heavy (non-hydrogen) atoms. The third kappa shape index (κ3) is 2.29. The Morgan fingerprint density at radius 2 is 2.05 bits per heavy atom. The van der Waals surface area contributed by atoms with E-state index >= 15 is 0 Å². The molecule has 2 aromatic rings. The Hall–Kier alpha value is -1.89. The van der Waals surface area contributed by atoms with E-state index in [0.717, 1.165) is 6.29 Å². The van der Waals surface area contributed by atoms with Crippen LogP contribution in [0.2, 0.25) is 0 Å². The summed E-state index contributed by atoms with van der Waals surface area (Å²) in [6.45, 7) is 0.983. The van der Waals surface area contributed by atoms with Gasteiger partial charge in [0.05, 0.1) is 11.5 Å². The number of carbonyl (C=O) groups is 1. The molecule has 0 N–H and O–H groups in total. The van der Waals surface area contributed by atoms with Crippen LogP contribution in [-0.2, 0) is 9.84 Å². The zero-order valence-electron chi connectivity index (χ0n) is 10.9. The highest BCUT2D eigenvalue weighted by Gasteiger charge is 2.23. The van der Waals surface area contributed by atoms with Crippen molar-refractivity contribution in [1.82, 2.24) is 9.38 Å². The molecule has 0 unspecified atom stereocenters. The zero-order chi connectivity index (χ0) is 14.2. The van der Waals surface area contributed by atoms with Gasteiger partial charge in [0.1, 0.15) is 11.3 Å². The molecule has 0 amide bonds. The minimum Gasteiger partial charge on any atom is -0.354 e. The van der Waals surface area contributed by atoms with Crippen molar-refractivity contribution in [2.75, 3.05) is 29.5 Å². The van der Waals surface area contributed by atoms with E-state index in [1.165, 1.54) is 0 Å². The molecule has 0 spiro atoms. The first-order chi connectivity index (χ1) is 9.61. The van der Waals surface area contributed by atoms with E-state index in [4.69, 9.17) is 0 Å². The van der Waals surface area contributed by atoms with Crippen molar-refractivity contribution >= 4 is 27.6 Å². The first-order valence-electron chi connectivity index (χ1n) is 6.48. The maximum absolute atomic E-state index is 11.7. The summed E-state index contributed by atoms with van der Waals surface area (Å²) in [4.78, 5) is 17.7. The molecule has 1 fully saturated rings. The highest BCUT2D eigenvalue weighted by molar-refractivity contribution is 7.91. The lowest BCUT2D eigenvalue weighted by Gasteiger charge is -2.19. The average molecular weight is 293 g/mol. The number of aldehydes is 1. The van der Waals surface area contributed by atoms with Gasteiger partial charge in [-0.3, -0.25) is 9.20 Å². The van der Waals surface area contributed by atoms with Gasteiger partial charge in [0.2, 0.25) is 0 Å². The van der Waals surface area contributed by atoms with Crippen molar-refractivity contribution in [3.63, 3.8) is 0 Å². The van der Waals surface area contributed by atoms with Gasteiger partial charge in [-0.2, -0.15) is 0 Å². The lowest BCUT2D eigenvalue weighted by atomic mass is 10.3. The number of aromatic nitrogens is 2. The molecule has 0 aliphatic carbocycles. The fourth-order valence-electron chi connectivity index (χ4n) is 2.49. The smallest absolute Gasteiger partial charge is 0.170 e. The normalized spacial score (nSPS) is 18.9. The van der Waals surface area contributed by atoms with Gasteiger partial charge < -0.3 is 4.90 Å². The van der Waals surface area contributed by atoms with Crippen LogP contribution in [0.4, 0.5) is 5.82 Å². The van der Waals surface area contributed by atoms with E-state index in [1.807, 2.05) is 23.1 Å². The summed E-state index contributed by atoms with van der Waals surface area (Å²) in [5.74, 6) is 0.884. The number of hydrogen-bond acceptors (Lipinski definition) is 5. The number of rotatable bonds is 2. The first kappa shape index (κ1) is 13.1. The molecule has 1 aliphatic heterocycles. The molecule has 2 aromatic heterocycles. The fraction of sp³-hybridized carbons (Fsp3) is 0.385. The number of sulfone groups is 1. The first-order valence-corrected chi connectivity index (χ1v) is 8.30. The van der Waals surface area contributed by atoms with Gasteiger partial charge in [-0.05, 0) is 18.6 Å². The maximum atomic E-state index is 11.7. The molecule has 7 heteroatoms. The van der Waals surface area contributed by atoms with Gasteiger partial charge in [0.25, 0.3) is 0 Å². The second kappa shape index (κ2) is 4.90. The van der Waals surface area contributed by atoms with Gasteiger partial charge in [0.15, 0.2) is 21.9 Å². The zero-order valence-corrected chi connectivity index (χ0v) is 11.7. The highest BCUT2D eigenvalue weighted by atomic mass is 32.2. The molecule has 3 rings (SSSR count). The molecule has 6 nitrogen and oxygen atoms in total. The summed E-state index contributed by atoms with van der Waals surface area (Å²) >= 11 is 0. The molecular weight excluding hydrogens is 278 g/mol. The molecule has 1 saturated heterocycles. The Morgan fingerprint density at radius 1 is 1.20 bits per heavy atom. The minimum atomic E-state index is -2.97. The number of fused-ring (bicyclic) bond motifs is 1. The predicted molar refractivity (Wildman–Crippen MR) is 76.1 cm³/mol. The van der Waals surface area contributed by atoms with Crippen LogP contribution in [0.15, 0.2) is 24.4 Å². The Morgan fingerprint density at radius 3 is 2.85 bits per heavy atom. The van der Waals surface area contributed by atoms with Gasteiger partial charge in [0, 0.05) is 19.3 Å². The second-order valence-corrected chi connectivity index (χ2v) is 7.16. The molecular formula is C13H15N3O3S. The van der Waals surface area contributed by atoms with Crippen LogP contribution in [0.1, 0.15) is 16.9 Å². The third-order valence-electron chi connectivity index (χ3n) is 3.51. The quantitative estimate of drug-likeness (QED) is 0.765. The number of pyridine rings is 1. The molecule has 0 aromatic carbocycles. The maximum Gasteiger partial charge on any atom is 0.170 e. The average Bonchev–Trinajstić information content (AvgIpc) is 2.70. The predicted octanol–water partition coefficient (Wildman–Crippen LogP) is 0.772. The number of imidazole rings is 1. The van der Waals surface area contributed by atoms with E-state index in [1.54, 1.807) is 10.6 Å². The van der Waals surface area contributed by atoms with Gasteiger partial charge >= 0.3 is 0 Å². The second-order valence-electron chi connectivity index (χ2n) is 4.86. The van der Waals surface area contributed by atoms with E-state index in [2.05, 4.69) is 4.98 Å². The standard InChI is InChI=1S/C13H15N3O3S/c17-10-11-13(14-12-4-1-2-6-16(11)12)15-5-3-8-20(18,19)9-7-15/h1-2,4,6,10H,3,5,7-9H2. The lowest BCUT2D eigenvalue weighted by Crippen LogP contribution is -2.28. The summed E-state index contributed by atoms with van der Waals surface area (Å²) < 4.78 is 25.0. The molecule has 0 saturated carbocycles. The Bertz CT molecular complexity index is 751. The molecule has 106 valence electrons. The fourth-order valence-corrected chi connectivity index (χ4v) is 3.77. The van der Waals surface area contributed by atoms with Gasteiger partial charge in [-0.25, -0.2) is 13.4 Å². The lowest BCUT2D eigenvalue weighted by molar-refractivity contribution is 0.111. The minimum absolute atomic E-state index is 0.110. The number of hydrogen-bond donors (Lipinski definition) is 0. The van der Waals surface area contributed by atoms with Crippen LogP contribution >= 0.6 is 0 Å². The van der Waals surface area contributed by atoms with E-state index in [-0.39, 0.29) is 11.5 Å². The molecule has 0 radical (unpaired) electrons. The number of carbonyl (C=O) groups excluding carboxylic acids is 1. The molecule has 1 aliphatic rings. The van der Waals surface area contributed by atoms with Crippen LogP contribution in [0, 0.1) is 0 Å². The third-order valence-corrected chi connectivity index (χ3v) is 5.23. The van der Waals surface area contributed by atoms with Crippen molar-refractivity contribution in [3.8, 4) is 0 Å². The number of nitrogens with zero attached hydrogens (tertiary/aromatic N) is 3. The molecule has 3 heterocycles. The molecule has 0 atom stereocenters. The van der Waals surface area contributed by atoms with E-state index in [9.17, 15) is 13.2 Å². The molecule has 0 bridgehead atoms. The monoisotopic (exact) mass is 293 g/mol. The highest BCUT2D eigenvalue weighted by Crippen LogP contribution is 2.22. The Balaban J connectivity index is 2.03. The van der Waals surface area contributed by atoms with Crippen LogP contribution in [0.3, 0.4) is 0 Å². The van der Waals surface area contributed by atoms with Crippen LogP contribution in [-0.4, -0.2) is 48.7 Å². The van der Waals surface area contributed by atoms with Crippen molar-refractivity contribution < 1.29 is 13.2 Å². The van der Waals surface area contributed by atoms with Crippen LogP contribution in [0.25, 0.3) is 5.65 Å². The summed E-state index contributed by atoms with van der Waals surface area (Å²) in [6.07, 6.45) is 3.12. The van der Waals surface area contributed by atoms with Crippen molar-refractivity contribution in [1.29, 1.82) is 0 Å². The van der Waals surface area contributed by atoms with Crippen LogP contribution < -0.4 is 4.90 Å². The SMILES string of the molecule is O=Cc1c(N2CCCS(=O)(=O)CC2)nc2ccccn12. The van der Waals surface area contributed by atoms with E-state index < -0.39 is 9.84 Å². The van der Waals surface area contributed by atoms with Crippen LogP contribution in [0.5, 0.6) is 0 Å². The Labute approximate surface area is 116 Å². The topological polar surface area (TPSA) is 71.8 Å². The van der Waals surface area contributed by atoms with Crippen molar-refractivity contribution in [2.24, 2.45) is 0 Å². The summed E-state index contributed by atoms with van der Waals surface area (Å²) in [7, 11) is -2.97. The summed E-state index contributed by atoms with van der Waals surface area (Å²) in [5, 5.41) is 0. The van der Waals surface area contributed by atoms with Crippen molar-refractivity contribution in [2.45, 2.75) is 6.42 Å². The van der Waals surface area contributed by atoms with Gasteiger partial charge in [-0.1, -0.05) is 6.07 Å². The summed E-state index contributed by atoms with van der Waals surface area (Å²) in [6, 6.07) is 5.51. The number of anilines is 1. The largest absolute Gasteiger partial charge is 0.354 e. The van der Waals surface area contributed by atoms with Crippen molar-refractivity contribution in [3.05, 3.63) is 30.1 Å². The van der Waals surface area contributed by atoms with E-state index in [0.29, 0.717) is 36.7 Å². The Kier molecular flexibility index (Phi) is 3.21.